The van der Waals surface area contributed by atoms with Gasteiger partial charge in [0.15, 0.2) is 0 Å². The summed E-state index contributed by atoms with van der Waals surface area (Å²) in [5, 5.41) is 10.1. The summed E-state index contributed by atoms with van der Waals surface area (Å²) in [6.45, 7) is 4.74. The van der Waals surface area contributed by atoms with Crippen molar-refractivity contribution in [1.82, 2.24) is 4.57 Å². The van der Waals surface area contributed by atoms with Gasteiger partial charge in [-0.05, 0) is 31.5 Å². The molecule has 0 aliphatic carbocycles. The minimum atomic E-state index is -0.439. The summed E-state index contributed by atoms with van der Waals surface area (Å²) in [6, 6.07) is 13.9. The molecular weight excluding hydrogens is 198 g/mol. The molecule has 84 valence electrons. The van der Waals surface area contributed by atoms with Crippen LogP contribution >= 0.6 is 0 Å². The van der Waals surface area contributed by atoms with Crippen molar-refractivity contribution in [2.24, 2.45) is 0 Å². The molecule has 0 fully saturated rings. The number of aromatic nitrogens is 1. The fourth-order valence-electron chi connectivity index (χ4n) is 1.94. The summed E-state index contributed by atoms with van der Waals surface area (Å²) >= 11 is 0. The summed E-state index contributed by atoms with van der Waals surface area (Å²) in [5.41, 5.74) is 3.34. The van der Waals surface area contributed by atoms with Crippen LogP contribution in [0.5, 0.6) is 0 Å². The van der Waals surface area contributed by atoms with Gasteiger partial charge in [-0.1, -0.05) is 30.3 Å². The number of aliphatic hydroxyl groups excluding tert-OH is 1. The minimum Gasteiger partial charge on any atom is -0.387 e. The predicted molar refractivity (Wildman–Crippen MR) is 65.3 cm³/mol. The summed E-state index contributed by atoms with van der Waals surface area (Å²) < 4.78 is 2.14. The van der Waals surface area contributed by atoms with Crippen LogP contribution in [-0.2, 0) is 6.54 Å². The number of nitrogens with zero attached hydrogens (tertiary/aromatic N) is 1. The lowest BCUT2D eigenvalue weighted by Gasteiger charge is -2.15. The fraction of sp³-hybridized carbons (Fsp3) is 0.286. The quantitative estimate of drug-likeness (QED) is 0.836. The van der Waals surface area contributed by atoms with E-state index in [1.54, 1.807) is 0 Å². The average molecular weight is 215 g/mol. The van der Waals surface area contributed by atoms with Gasteiger partial charge < -0.3 is 9.67 Å². The largest absolute Gasteiger partial charge is 0.387 e. The molecule has 0 amide bonds. The van der Waals surface area contributed by atoms with Gasteiger partial charge in [-0.15, -0.1) is 0 Å². The maximum absolute atomic E-state index is 10.1. The monoisotopic (exact) mass is 215 g/mol. The number of aliphatic hydroxyl groups is 1. The van der Waals surface area contributed by atoms with E-state index in [0.29, 0.717) is 6.54 Å². The van der Waals surface area contributed by atoms with E-state index in [4.69, 9.17) is 0 Å². The molecule has 1 atom stereocenters. The first-order chi connectivity index (χ1) is 7.68. The molecule has 0 radical (unpaired) electrons. The summed E-state index contributed by atoms with van der Waals surface area (Å²) in [6.07, 6.45) is -0.439. The molecule has 2 heteroatoms. The standard InChI is InChI=1S/C14H17NO/c1-11-8-9-12(2)15(11)10-14(16)13-6-4-3-5-7-13/h3-9,14,16H,10H2,1-2H3/t14-/m1/s1. The van der Waals surface area contributed by atoms with Crippen molar-refractivity contribution in [2.75, 3.05) is 0 Å². The molecule has 1 N–H and O–H groups in total. The van der Waals surface area contributed by atoms with Crippen LogP contribution in [0.1, 0.15) is 23.1 Å². The second kappa shape index (κ2) is 4.54. The van der Waals surface area contributed by atoms with Crippen molar-refractivity contribution in [3.05, 3.63) is 59.4 Å². The van der Waals surface area contributed by atoms with Gasteiger partial charge in [0, 0.05) is 11.4 Å². The normalized spacial score (nSPS) is 12.7. The number of benzene rings is 1. The Morgan fingerprint density at radius 3 is 2.12 bits per heavy atom. The van der Waals surface area contributed by atoms with Gasteiger partial charge in [0.25, 0.3) is 0 Å². The third-order valence-electron chi connectivity index (χ3n) is 2.96. The molecule has 0 saturated carbocycles. The van der Waals surface area contributed by atoms with Crippen molar-refractivity contribution < 1.29 is 5.11 Å². The highest BCUT2D eigenvalue weighted by molar-refractivity contribution is 5.19. The lowest BCUT2D eigenvalue weighted by Crippen LogP contribution is -2.10. The van der Waals surface area contributed by atoms with Crippen LogP contribution in [0.3, 0.4) is 0 Å². The molecule has 2 nitrogen and oxygen atoms in total. The third-order valence-corrected chi connectivity index (χ3v) is 2.96. The summed E-state index contributed by atoms with van der Waals surface area (Å²) in [5.74, 6) is 0. The lowest BCUT2D eigenvalue weighted by atomic mass is 10.1. The molecule has 2 rings (SSSR count). The molecule has 0 unspecified atom stereocenters. The van der Waals surface area contributed by atoms with Crippen LogP contribution in [0.2, 0.25) is 0 Å². The molecule has 0 spiro atoms. The first-order valence-electron chi connectivity index (χ1n) is 5.54. The number of hydrogen-bond donors (Lipinski definition) is 1. The molecule has 0 bridgehead atoms. The molecule has 1 aromatic carbocycles. The SMILES string of the molecule is Cc1ccc(C)n1C[C@@H](O)c1ccccc1. The number of hydrogen-bond acceptors (Lipinski definition) is 1. The zero-order valence-corrected chi connectivity index (χ0v) is 9.72. The second-order valence-electron chi connectivity index (χ2n) is 4.15. The Bertz CT molecular complexity index is 439. The van der Waals surface area contributed by atoms with Crippen molar-refractivity contribution in [3.8, 4) is 0 Å². The van der Waals surface area contributed by atoms with Crippen molar-refractivity contribution in [1.29, 1.82) is 0 Å². The highest BCUT2D eigenvalue weighted by atomic mass is 16.3. The molecule has 0 aliphatic rings. The molecule has 0 saturated heterocycles. The van der Waals surface area contributed by atoms with Gasteiger partial charge in [-0.25, -0.2) is 0 Å². The van der Waals surface area contributed by atoms with Gasteiger partial charge in [-0.3, -0.25) is 0 Å². The van der Waals surface area contributed by atoms with Gasteiger partial charge in [0.2, 0.25) is 0 Å². The van der Waals surface area contributed by atoms with E-state index in [1.165, 1.54) is 11.4 Å². The Kier molecular flexibility index (Phi) is 3.11. The highest BCUT2D eigenvalue weighted by Crippen LogP contribution is 2.17. The molecule has 16 heavy (non-hydrogen) atoms. The van der Waals surface area contributed by atoms with Gasteiger partial charge in [0.1, 0.15) is 0 Å². The zero-order valence-electron chi connectivity index (χ0n) is 9.72. The Labute approximate surface area is 96.2 Å². The van der Waals surface area contributed by atoms with E-state index in [2.05, 4.69) is 30.5 Å². The lowest BCUT2D eigenvalue weighted by molar-refractivity contribution is 0.155. The average Bonchev–Trinajstić information content (AvgIpc) is 2.62. The topological polar surface area (TPSA) is 25.2 Å². The van der Waals surface area contributed by atoms with E-state index in [0.717, 1.165) is 5.56 Å². The van der Waals surface area contributed by atoms with Crippen molar-refractivity contribution in [3.63, 3.8) is 0 Å². The van der Waals surface area contributed by atoms with Gasteiger partial charge >= 0.3 is 0 Å². The fourth-order valence-corrected chi connectivity index (χ4v) is 1.94. The van der Waals surface area contributed by atoms with Crippen molar-refractivity contribution >= 4 is 0 Å². The molecule has 2 aromatic rings. The second-order valence-corrected chi connectivity index (χ2v) is 4.15. The van der Waals surface area contributed by atoms with Crippen molar-refractivity contribution in [2.45, 2.75) is 26.5 Å². The number of aryl methyl sites for hydroxylation is 2. The summed E-state index contributed by atoms with van der Waals surface area (Å²) in [4.78, 5) is 0. The number of rotatable bonds is 3. The molecule has 1 aromatic heterocycles. The Balaban J connectivity index is 2.17. The maximum atomic E-state index is 10.1. The Morgan fingerprint density at radius 1 is 1.00 bits per heavy atom. The first-order valence-corrected chi connectivity index (χ1v) is 5.54. The van der Waals surface area contributed by atoms with Crippen LogP contribution in [0, 0.1) is 13.8 Å². The van der Waals surface area contributed by atoms with Gasteiger partial charge in [-0.2, -0.15) is 0 Å². The van der Waals surface area contributed by atoms with Crippen LogP contribution < -0.4 is 0 Å². The highest BCUT2D eigenvalue weighted by Gasteiger charge is 2.10. The van der Waals surface area contributed by atoms with E-state index < -0.39 is 6.10 Å². The van der Waals surface area contributed by atoms with Gasteiger partial charge in [0.05, 0.1) is 12.6 Å². The van der Waals surface area contributed by atoms with Crippen LogP contribution in [-0.4, -0.2) is 9.67 Å². The summed E-state index contributed by atoms with van der Waals surface area (Å²) in [7, 11) is 0. The maximum Gasteiger partial charge on any atom is 0.0968 e. The van der Waals surface area contributed by atoms with E-state index in [-0.39, 0.29) is 0 Å². The molecule has 0 aliphatic heterocycles. The van der Waals surface area contributed by atoms with Crippen LogP contribution in [0.25, 0.3) is 0 Å². The van der Waals surface area contributed by atoms with E-state index in [9.17, 15) is 5.11 Å². The molecule has 1 heterocycles. The molecular formula is C14H17NO. The van der Waals surface area contributed by atoms with Crippen LogP contribution in [0.4, 0.5) is 0 Å². The van der Waals surface area contributed by atoms with Crippen LogP contribution in [0.15, 0.2) is 42.5 Å². The van der Waals surface area contributed by atoms with E-state index in [1.807, 2.05) is 30.3 Å². The zero-order chi connectivity index (χ0) is 11.5. The third kappa shape index (κ3) is 2.17. The predicted octanol–water partition coefficient (Wildman–Crippen LogP) is 2.84. The smallest absolute Gasteiger partial charge is 0.0968 e. The van der Waals surface area contributed by atoms with E-state index >= 15 is 0 Å². The minimum absolute atomic E-state index is 0.439. The first kappa shape index (κ1) is 11.0. The Hall–Kier alpha value is -1.54. The Morgan fingerprint density at radius 2 is 1.56 bits per heavy atom.